The molecule has 0 saturated carbocycles. The molecule has 0 aliphatic heterocycles. The van der Waals surface area contributed by atoms with Crippen LogP contribution in [0.4, 0.5) is 4.39 Å². The summed E-state index contributed by atoms with van der Waals surface area (Å²) in [5.74, 6) is -0.452. The summed E-state index contributed by atoms with van der Waals surface area (Å²) >= 11 is 1.34. The molecule has 1 aromatic carbocycles. The van der Waals surface area contributed by atoms with Crippen molar-refractivity contribution in [2.45, 2.75) is 13.8 Å². The van der Waals surface area contributed by atoms with Crippen LogP contribution in [0.2, 0.25) is 0 Å². The molecule has 0 spiro atoms. The van der Waals surface area contributed by atoms with Gasteiger partial charge in [-0.2, -0.15) is 0 Å². The highest BCUT2D eigenvalue weighted by Crippen LogP contribution is 2.31. The average Bonchev–Trinajstić information content (AvgIpc) is 2.84. The molecule has 5 heteroatoms. The predicted octanol–water partition coefficient (Wildman–Crippen LogP) is 4.83. The first kappa shape index (κ1) is 14.4. The number of nitro groups is 1. The van der Waals surface area contributed by atoms with E-state index < -0.39 is 0 Å². The zero-order valence-corrected chi connectivity index (χ0v) is 12.0. The summed E-state index contributed by atoms with van der Waals surface area (Å²) in [5, 5.41) is 11.0. The number of thiophene rings is 1. The number of benzene rings is 1. The zero-order valence-electron chi connectivity index (χ0n) is 11.2. The number of allylic oxidation sites excluding steroid dienone is 1. The molecule has 0 radical (unpaired) electrons. The lowest BCUT2D eigenvalue weighted by Crippen LogP contribution is -2.04. The second kappa shape index (κ2) is 5.96. The quantitative estimate of drug-likeness (QED) is 0.598. The van der Waals surface area contributed by atoms with Gasteiger partial charge in [0.15, 0.2) is 0 Å². The second-order valence-electron chi connectivity index (χ2n) is 4.66. The molecule has 104 valence electrons. The Morgan fingerprint density at radius 1 is 1.30 bits per heavy atom. The third-order valence-electron chi connectivity index (χ3n) is 2.86. The van der Waals surface area contributed by atoms with Crippen molar-refractivity contribution in [2.24, 2.45) is 5.92 Å². The Morgan fingerprint density at radius 3 is 2.60 bits per heavy atom. The van der Waals surface area contributed by atoms with Crippen LogP contribution in [0, 0.1) is 21.8 Å². The van der Waals surface area contributed by atoms with Gasteiger partial charge in [-0.3, -0.25) is 10.1 Å². The summed E-state index contributed by atoms with van der Waals surface area (Å²) in [6, 6.07) is 10.1. The number of halogens is 1. The van der Waals surface area contributed by atoms with Gasteiger partial charge in [0.05, 0.1) is 4.92 Å². The third kappa shape index (κ3) is 3.11. The van der Waals surface area contributed by atoms with Crippen molar-refractivity contribution in [3.05, 3.63) is 62.9 Å². The van der Waals surface area contributed by atoms with Crippen molar-refractivity contribution in [2.75, 3.05) is 0 Å². The predicted molar refractivity (Wildman–Crippen MR) is 79.5 cm³/mol. The van der Waals surface area contributed by atoms with Gasteiger partial charge in [0.1, 0.15) is 5.82 Å². The van der Waals surface area contributed by atoms with Crippen LogP contribution >= 0.6 is 11.3 Å². The van der Waals surface area contributed by atoms with E-state index in [9.17, 15) is 14.5 Å². The average molecular weight is 291 g/mol. The summed E-state index contributed by atoms with van der Waals surface area (Å²) in [6.07, 6.45) is 1.56. The fourth-order valence-electron chi connectivity index (χ4n) is 1.81. The molecule has 1 aromatic heterocycles. The van der Waals surface area contributed by atoms with Crippen LogP contribution in [0.3, 0.4) is 0 Å². The fraction of sp³-hybridized carbons (Fsp3) is 0.200. The number of hydrogen-bond acceptors (Lipinski definition) is 3. The monoisotopic (exact) mass is 291 g/mol. The van der Waals surface area contributed by atoms with E-state index >= 15 is 0 Å². The molecule has 0 aliphatic rings. The molecule has 0 atom stereocenters. The Morgan fingerprint density at radius 2 is 2.00 bits per heavy atom. The number of hydrogen-bond donors (Lipinski definition) is 0. The maximum atomic E-state index is 13.7. The summed E-state index contributed by atoms with van der Waals surface area (Å²) in [4.78, 5) is 12.1. The highest BCUT2D eigenvalue weighted by atomic mass is 32.1. The summed E-state index contributed by atoms with van der Waals surface area (Å²) in [7, 11) is 0. The van der Waals surface area contributed by atoms with Crippen molar-refractivity contribution in [3.8, 4) is 10.4 Å². The van der Waals surface area contributed by atoms with Gasteiger partial charge in [0, 0.05) is 27.3 Å². The van der Waals surface area contributed by atoms with E-state index in [1.165, 1.54) is 17.4 Å². The van der Waals surface area contributed by atoms with E-state index in [1.54, 1.807) is 50.3 Å². The Labute approximate surface area is 120 Å². The summed E-state index contributed by atoms with van der Waals surface area (Å²) < 4.78 is 13.7. The molecule has 0 saturated heterocycles. The first-order valence-electron chi connectivity index (χ1n) is 6.19. The maximum absolute atomic E-state index is 13.7. The van der Waals surface area contributed by atoms with Crippen molar-refractivity contribution in [3.63, 3.8) is 0 Å². The molecule has 0 bridgehead atoms. The van der Waals surface area contributed by atoms with Gasteiger partial charge in [0.2, 0.25) is 5.70 Å². The smallest absolute Gasteiger partial charge is 0.250 e. The van der Waals surface area contributed by atoms with Crippen LogP contribution in [-0.4, -0.2) is 4.92 Å². The van der Waals surface area contributed by atoms with Gasteiger partial charge in [-0.25, -0.2) is 4.39 Å². The van der Waals surface area contributed by atoms with Gasteiger partial charge in [-0.05, 0) is 18.2 Å². The summed E-state index contributed by atoms with van der Waals surface area (Å²) in [5.41, 5.74) is 0.677. The van der Waals surface area contributed by atoms with E-state index in [0.717, 1.165) is 9.75 Å². The van der Waals surface area contributed by atoms with E-state index in [2.05, 4.69) is 0 Å². The second-order valence-corrected chi connectivity index (χ2v) is 5.78. The third-order valence-corrected chi connectivity index (χ3v) is 3.92. The minimum Gasteiger partial charge on any atom is -0.259 e. The number of rotatable bonds is 4. The van der Waals surface area contributed by atoms with E-state index in [1.807, 2.05) is 0 Å². The molecular formula is C15H14FNO2S. The Balaban J connectivity index is 2.37. The molecular weight excluding hydrogens is 277 g/mol. The topological polar surface area (TPSA) is 43.1 Å². The Kier molecular flexibility index (Phi) is 4.29. The lowest BCUT2D eigenvalue weighted by Gasteiger charge is -2.00. The number of nitrogens with zero attached hydrogens (tertiary/aromatic N) is 1. The first-order chi connectivity index (χ1) is 9.49. The van der Waals surface area contributed by atoms with E-state index in [4.69, 9.17) is 0 Å². The molecule has 0 N–H and O–H groups in total. The van der Waals surface area contributed by atoms with Gasteiger partial charge in [-0.15, -0.1) is 11.3 Å². The van der Waals surface area contributed by atoms with Crippen molar-refractivity contribution >= 4 is 17.4 Å². The highest BCUT2D eigenvalue weighted by Gasteiger charge is 2.16. The maximum Gasteiger partial charge on any atom is 0.250 e. The SMILES string of the molecule is CC(C)/C(=C/c1ccc(-c2ccccc2F)s1)[N+](=O)[O-]. The van der Waals surface area contributed by atoms with Gasteiger partial charge in [-0.1, -0.05) is 32.0 Å². The van der Waals surface area contributed by atoms with Gasteiger partial charge < -0.3 is 0 Å². The molecule has 0 unspecified atom stereocenters. The first-order valence-corrected chi connectivity index (χ1v) is 7.01. The normalized spacial score (nSPS) is 11.9. The zero-order chi connectivity index (χ0) is 14.7. The van der Waals surface area contributed by atoms with Crippen molar-refractivity contribution < 1.29 is 9.31 Å². The van der Waals surface area contributed by atoms with E-state index in [0.29, 0.717) is 5.56 Å². The molecule has 3 nitrogen and oxygen atoms in total. The molecule has 2 rings (SSSR count). The molecule has 0 fully saturated rings. The van der Waals surface area contributed by atoms with Crippen LogP contribution in [-0.2, 0) is 0 Å². The molecule has 0 aliphatic carbocycles. The van der Waals surface area contributed by atoms with Crippen molar-refractivity contribution in [1.82, 2.24) is 0 Å². The minimum absolute atomic E-state index is 0.159. The Bertz CT molecular complexity index is 661. The molecule has 20 heavy (non-hydrogen) atoms. The van der Waals surface area contributed by atoms with Crippen molar-refractivity contribution in [1.29, 1.82) is 0 Å². The molecule has 0 amide bonds. The van der Waals surface area contributed by atoms with Crippen LogP contribution < -0.4 is 0 Å². The Hall–Kier alpha value is -2.01. The molecule has 2 aromatic rings. The lowest BCUT2D eigenvalue weighted by atomic mass is 10.1. The van der Waals surface area contributed by atoms with Crippen LogP contribution in [0.25, 0.3) is 16.5 Å². The lowest BCUT2D eigenvalue weighted by molar-refractivity contribution is -0.431. The largest absolute Gasteiger partial charge is 0.259 e. The highest BCUT2D eigenvalue weighted by molar-refractivity contribution is 7.16. The minimum atomic E-state index is -0.368. The van der Waals surface area contributed by atoms with E-state index in [-0.39, 0.29) is 22.4 Å². The van der Waals surface area contributed by atoms with Gasteiger partial charge >= 0.3 is 0 Å². The molecule has 1 heterocycles. The summed E-state index contributed by atoms with van der Waals surface area (Å²) in [6.45, 7) is 3.56. The van der Waals surface area contributed by atoms with Crippen LogP contribution in [0.1, 0.15) is 18.7 Å². The van der Waals surface area contributed by atoms with Gasteiger partial charge in [0.25, 0.3) is 0 Å². The standard InChI is InChI=1S/C15H14FNO2S/c1-10(2)14(17(18)19)9-11-7-8-15(20-11)12-5-3-4-6-13(12)16/h3-10H,1-2H3/b14-9-. The van der Waals surface area contributed by atoms with Crippen LogP contribution in [0.15, 0.2) is 42.1 Å². The fourth-order valence-corrected chi connectivity index (χ4v) is 2.79. The van der Waals surface area contributed by atoms with Crippen LogP contribution in [0.5, 0.6) is 0 Å².